The van der Waals surface area contributed by atoms with Crippen LogP contribution in [0.5, 0.6) is 11.5 Å². The zero-order chi connectivity index (χ0) is 22.8. The Bertz CT molecular complexity index is 882. The first kappa shape index (κ1) is 24.3. The van der Waals surface area contributed by atoms with E-state index in [-0.39, 0.29) is 25.0 Å². The predicted molar refractivity (Wildman–Crippen MR) is 122 cm³/mol. The van der Waals surface area contributed by atoms with Gasteiger partial charge in [0.2, 0.25) is 5.91 Å². The standard InChI is InChI=1S/C25H34N2O4/c1-6-7-14-26-25(29)20(4)27(16-21-11-9-12-22(15-21)30-5)24(28)17-31-23-13-8-10-18(2)19(23)3/h8-13,15,20H,6-7,14,16-17H2,1-5H3,(H,26,29)/t20-/m1/s1. The molecule has 6 heteroatoms. The van der Waals surface area contributed by atoms with Gasteiger partial charge < -0.3 is 19.7 Å². The molecule has 0 aliphatic heterocycles. The second-order valence-electron chi connectivity index (χ2n) is 7.68. The first-order chi connectivity index (χ1) is 14.9. The summed E-state index contributed by atoms with van der Waals surface area (Å²) in [6, 6.07) is 12.6. The number of nitrogens with zero attached hydrogens (tertiary/aromatic N) is 1. The molecule has 0 saturated heterocycles. The van der Waals surface area contributed by atoms with Crippen molar-refractivity contribution in [2.24, 2.45) is 0 Å². The number of rotatable bonds is 11. The topological polar surface area (TPSA) is 67.9 Å². The van der Waals surface area contributed by atoms with E-state index in [2.05, 4.69) is 12.2 Å². The van der Waals surface area contributed by atoms with Crippen LogP contribution in [0.1, 0.15) is 43.4 Å². The molecule has 1 N–H and O–H groups in total. The fraction of sp³-hybridized carbons (Fsp3) is 0.440. The van der Waals surface area contributed by atoms with Crippen molar-refractivity contribution in [1.29, 1.82) is 0 Å². The number of nitrogens with one attached hydrogen (secondary N) is 1. The summed E-state index contributed by atoms with van der Waals surface area (Å²) in [5, 5.41) is 2.92. The first-order valence-corrected chi connectivity index (χ1v) is 10.8. The van der Waals surface area contributed by atoms with Crippen molar-refractivity contribution in [2.75, 3.05) is 20.3 Å². The molecule has 0 radical (unpaired) electrons. The molecule has 31 heavy (non-hydrogen) atoms. The molecule has 2 rings (SSSR count). The Morgan fingerprint density at radius 1 is 1.13 bits per heavy atom. The Balaban J connectivity index is 2.17. The van der Waals surface area contributed by atoms with Gasteiger partial charge >= 0.3 is 0 Å². The first-order valence-electron chi connectivity index (χ1n) is 10.8. The van der Waals surface area contributed by atoms with Gasteiger partial charge in [0.15, 0.2) is 6.61 Å². The molecule has 0 spiro atoms. The Morgan fingerprint density at radius 2 is 1.87 bits per heavy atom. The van der Waals surface area contributed by atoms with Gasteiger partial charge in [-0.05, 0) is 62.1 Å². The Labute approximate surface area is 185 Å². The minimum absolute atomic E-state index is 0.138. The van der Waals surface area contributed by atoms with Crippen molar-refractivity contribution in [1.82, 2.24) is 10.2 Å². The van der Waals surface area contributed by atoms with Crippen LogP contribution in [-0.4, -0.2) is 43.0 Å². The second-order valence-corrected chi connectivity index (χ2v) is 7.68. The lowest BCUT2D eigenvalue weighted by Crippen LogP contribution is -2.49. The normalized spacial score (nSPS) is 11.5. The number of unbranched alkanes of at least 4 members (excludes halogenated alkanes) is 1. The van der Waals surface area contributed by atoms with Crippen molar-refractivity contribution in [3.8, 4) is 11.5 Å². The molecule has 0 fully saturated rings. The van der Waals surface area contributed by atoms with E-state index < -0.39 is 6.04 Å². The number of carbonyl (C=O) groups excluding carboxylic acids is 2. The van der Waals surface area contributed by atoms with E-state index in [1.165, 1.54) is 0 Å². The minimum Gasteiger partial charge on any atom is -0.497 e. The summed E-state index contributed by atoms with van der Waals surface area (Å²) in [6.07, 6.45) is 1.89. The van der Waals surface area contributed by atoms with Crippen LogP contribution in [0.4, 0.5) is 0 Å². The average molecular weight is 427 g/mol. The highest BCUT2D eigenvalue weighted by molar-refractivity contribution is 5.88. The van der Waals surface area contributed by atoms with Crippen LogP contribution < -0.4 is 14.8 Å². The van der Waals surface area contributed by atoms with Crippen LogP contribution in [0.2, 0.25) is 0 Å². The van der Waals surface area contributed by atoms with Crippen molar-refractivity contribution >= 4 is 11.8 Å². The summed E-state index contributed by atoms with van der Waals surface area (Å²) in [4.78, 5) is 27.4. The lowest BCUT2D eigenvalue weighted by molar-refractivity contribution is -0.142. The molecule has 0 saturated carbocycles. The molecule has 0 bridgehead atoms. The largest absolute Gasteiger partial charge is 0.497 e. The summed E-state index contributed by atoms with van der Waals surface area (Å²) in [5.74, 6) is 0.963. The summed E-state index contributed by atoms with van der Waals surface area (Å²) in [7, 11) is 1.60. The van der Waals surface area contributed by atoms with E-state index in [4.69, 9.17) is 9.47 Å². The van der Waals surface area contributed by atoms with E-state index in [9.17, 15) is 9.59 Å². The zero-order valence-electron chi connectivity index (χ0n) is 19.2. The molecule has 1 atom stereocenters. The number of methoxy groups -OCH3 is 1. The number of aryl methyl sites for hydroxylation is 1. The van der Waals surface area contributed by atoms with Gasteiger partial charge in [0.05, 0.1) is 7.11 Å². The third kappa shape index (κ3) is 7.02. The van der Waals surface area contributed by atoms with Crippen LogP contribution in [-0.2, 0) is 16.1 Å². The fourth-order valence-corrected chi connectivity index (χ4v) is 3.19. The Hall–Kier alpha value is -3.02. The molecule has 2 amide bonds. The minimum atomic E-state index is -0.627. The summed E-state index contributed by atoms with van der Waals surface area (Å²) in [5.41, 5.74) is 2.98. The second kappa shape index (κ2) is 12.0. The van der Waals surface area contributed by atoms with Crippen molar-refractivity contribution < 1.29 is 19.1 Å². The fourth-order valence-electron chi connectivity index (χ4n) is 3.19. The van der Waals surface area contributed by atoms with Crippen LogP contribution in [0, 0.1) is 13.8 Å². The van der Waals surface area contributed by atoms with E-state index in [1.54, 1.807) is 18.9 Å². The molecule has 6 nitrogen and oxygen atoms in total. The summed E-state index contributed by atoms with van der Waals surface area (Å²) < 4.78 is 11.1. The van der Waals surface area contributed by atoms with Crippen LogP contribution >= 0.6 is 0 Å². The monoisotopic (exact) mass is 426 g/mol. The van der Waals surface area contributed by atoms with Gasteiger partial charge in [-0.1, -0.05) is 37.6 Å². The van der Waals surface area contributed by atoms with Gasteiger partial charge in [0.25, 0.3) is 5.91 Å². The summed E-state index contributed by atoms with van der Waals surface area (Å²) in [6.45, 7) is 8.53. The number of ether oxygens (including phenoxy) is 2. The molecule has 0 heterocycles. The highest BCUT2D eigenvalue weighted by atomic mass is 16.5. The lowest BCUT2D eigenvalue weighted by Gasteiger charge is -2.29. The molecule has 2 aromatic carbocycles. The number of carbonyl (C=O) groups is 2. The van der Waals surface area contributed by atoms with Gasteiger partial charge in [-0.3, -0.25) is 9.59 Å². The van der Waals surface area contributed by atoms with E-state index in [0.29, 0.717) is 18.0 Å². The molecular weight excluding hydrogens is 392 g/mol. The highest BCUT2D eigenvalue weighted by Crippen LogP contribution is 2.21. The van der Waals surface area contributed by atoms with E-state index >= 15 is 0 Å². The number of hydrogen-bond acceptors (Lipinski definition) is 4. The number of amides is 2. The molecular formula is C25H34N2O4. The Morgan fingerprint density at radius 3 is 2.58 bits per heavy atom. The highest BCUT2D eigenvalue weighted by Gasteiger charge is 2.26. The SMILES string of the molecule is CCCCNC(=O)[C@@H](C)N(Cc1cccc(OC)c1)C(=O)COc1cccc(C)c1C. The third-order valence-corrected chi connectivity index (χ3v) is 5.39. The lowest BCUT2D eigenvalue weighted by atomic mass is 10.1. The van der Waals surface area contributed by atoms with Gasteiger partial charge in [0.1, 0.15) is 17.5 Å². The predicted octanol–water partition coefficient (Wildman–Crippen LogP) is 4.02. The number of hydrogen-bond donors (Lipinski definition) is 1. The molecule has 0 aliphatic rings. The van der Waals surface area contributed by atoms with Gasteiger partial charge in [-0.2, -0.15) is 0 Å². The van der Waals surface area contributed by atoms with Crippen molar-refractivity contribution in [2.45, 2.75) is 53.1 Å². The average Bonchev–Trinajstić information content (AvgIpc) is 2.78. The Kier molecular flexibility index (Phi) is 9.38. The van der Waals surface area contributed by atoms with Crippen LogP contribution in [0.25, 0.3) is 0 Å². The molecule has 2 aromatic rings. The molecule has 168 valence electrons. The van der Waals surface area contributed by atoms with E-state index in [0.717, 1.165) is 29.5 Å². The van der Waals surface area contributed by atoms with Gasteiger partial charge in [-0.25, -0.2) is 0 Å². The number of benzene rings is 2. The van der Waals surface area contributed by atoms with Crippen LogP contribution in [0.3, 0.4) is 0 Å². The third-order valence-electron chi connectivity index (χ3n) is 5.39. The molecule has 0 unspecified atom stereocenters. The van der Waals surface area contributed by atoms with Crippen LogP contribution in [0.15, 0.2) is 42.5 Å². The zero-order valence-corrected chi connectivity index (χ0v) is 19.2. The van der Waals surface area contributed by atoms with Crippen molar-refractivity contribution in [3.05, 3.63) is 59.2 Å². The van der Waals surface area contributed by atoms with E-state index in [1.807, 2.05) is 56.3 Å². The smallest absolute Gasteiger partial charge is 0.261 e. The summed E-state index contributed by atoms with van der Waals surface area (Å²) >= 11 is 0. The quantitative estimate of drug-likeness (QED) is 0.551. The maximum atomic E-state index is 13.1. The van der Waals surface area contributed by atoms with Gasteiger partial charge in [-0.15, -0.1) is 0 Å². The maximum Gasteiger partial charge on any atom is 0.261 e. The molecule has 0 aromatic heterocycles. The van der Waals surface area contributed by atoms with Gasteiger partial charge in [0, 0.05) is 13.1 Å². The maximum absolute atomic E-state index is 13.1. The van der Waals surface area contributed by atoms with Crippen molar-refractivity contribution in [3.63, 3.8) is 0 Å². The molecule has 0 aliphatic carbocycles.